The van der Waals surface area contributed by atoms with Crippen LogP contribution in [0.4, 0.5) is 0 Å². The van der Waals surface area contributed by atoms with Gasteiger partial charge in [-0.15, -0.1) is 0 Å². The van der Waals surface area contributed by atoms with Gasteiger partial charge in [0.25, 0.3) is 0 Å². The van der Waals surface area contributed by atoms with E-state index < -0.39 is 11.4 Å². The fourth-order valence-electron chi connectivity index (χ4n) is 2.98. The summed E-state index contributed by atoms with van der Waals surface area (Å²) in [6.45, 7) is 1.99. The number of esters is 1. The van der Waals surface area contributed by atoms with Gasteiger partial charge in [0.1, 0.15) is 5.58 Å². The lowest BCUT2D eigenvalue weighted by molar-refractivity contribution is -0.129. The topological polar surface area (TPSA) is 69.7 Å². The smallest absolute Gasteiger partial charge is 0.336 e. The van der Waals surface area contributed by atoms with E-state index in [9.17, 15) is 9.59 Å². The molecule has 0 saturated heterocycles. The number of hydrogen-bond donors (Lipinski definition) is 0. The van der Waals surface area contributed by atoms with Crippen LogP contribution >= 0.6 is 11.6 Å². The third-order valence-electron chi connectivity index (χ3n) is 4.55. The Balaban J connectivity index is 1.75. The van der Waals surface area contributed by atoms with Gasteiger partial charge in [0.05, 0.1) is 11.6 Å². The summed E-state index contributed by atoms with van der Waals surface area (Å²) in [4.78, 5) is 25.6. The minimum Gasteiger partial charge on any atom is -0.461 e. The van der Waals surface area contributed by atoms with Crippen LogP contribution in [0.3, 0.4) is 0 Å². The minimum atomic E-state index is -0.712. The quantitative estimate of drug-likeness (QED) is 0.297. The Morgan fingerprint density at radius 2 is 1.93 bits per heavy atom. The number of furan rings is 1. The molecule has 0 saturated carbocycles. The number of ether oxygens (including phenoxy) is 1. The van der Waals surface area contributed by atoms with E-state index in [2.05, 4.69) is 0 Å². The summed E-state index contributed by atoms with van der Waals surface area (Å²) in [6, 6.07) is 15.6. The van der Waals surface area contributed by atoms with Gasteiger partial charge in [0, 0.05) is 11.1 Å². The second-order valence-electron chi connectivity index (χ2n) is 6.56. The highest BCUT2D eigenvalue weighted by atomic mass is 35.5. The van der Waals surface area contributed by atoms with Crippen LogP contribution in [-0.2, 0) is 11.2 Å². The van der Waals surface area contributed by atoms with E-state index in [0.717, 1.165) is 17.5 Å². The maximum Gasteiger partial charge on any atom is 0.336 e. The first kappa shape index (κ1) is 19.7. The molecule has 0 N–H and O–H groups in total. The summed E-state index contributed by atoms with van der Waals surface area (Å²) >= 11 is 5.86. The highest BCUT2D eigenvalue weighted by Gasteiger charge is 2.21. The van der Waals surface area contributed by atoms with E-state index in [4.69, 9.17) is 25.2 Å². The van der Waals surface area contributed by atoms with Gasteiger partial charge in [-0.1, -0.05) is 36.7 Å². The second kappa shape index (κ2) is 8.43. The van der Waals surface area contributed by atoms with Crippen LogP contribution in [0, 0.1) is 0 Å². The first-order valence-electron chi connectivity index (χ1n) is 9.34. The largest absolute Gasteiger partial charge is 0.461 e. The van der Waals surface area contributed by atoms with E-state index in [1.165, 1.54) is 12.3 Å². The molecule has 150 valence electrons. The number of carbonyl (C=O) groups is 1. The van der Waals surface area contributed by atoms with Crippen molar-refractivity contribution in [3.63, 3.8) is 0 Å². The van der Waals surface area contributed by atoms with Crippen LogP contribution < -0.4 is 10.2 Å². The second-order valence-corrected chi connectivity index (χ2v) is 6.99. The number of rotatable bonds is 5. The van der Waals surface area contributed by atoms with Gasteiger partial charge in [0.2, 0.25) is 16.9 Å². The highest BCUT2D eigenvalue weighted by molar-refractivity contribution is 6.30. The monoisotopic (exact) mass is 420 g/mol. The molecule has 0 aliphatic rings. The van der Waals surface area contributed by atoms with Gasteiger partial charge in [-0.05, 0) is 60.0 Å². The molecule has 0 radical (unpaired) electrons. The number of carbonyl (C=O) groups excluding carboxylic acids is 1. The lowest BCUT2D eigenvalue weighted by atomic mass is 10.1. The van der Waals surface area contributed by atoms with Gasteiger partial charge < -0.3 is 13.6 Å². The van der Waals surface area contributed by atoms with Gasteiger partial charge >= 0.3 is 5.97 Å². The molecule has 5 nitrogen and oxygen atoms in total. The number of aryl methyl sites for hydroxylation is 1. The van der Waals surface area contributed by atoms with E-state index in [1.54, 1.807) is 54.6 Å². The Hall–Kier alpha value is -3.57. The lowest BCUT2D eigenvalue weighted by Gasteiger charge is -2.08. The van der Waals surface area contributed by atoms with Crippen molar-refractivity contribution in [2.45, 2.75) is 13.3 Å². The van der Waals surface area contributed by atoms with Crippen LogP contribution in [0.2, 0.25) is 5.02 Å². The van der Waals surface area contributed by atoms with E-state index in [-0.39, 0.29) is 17.3 Å². The molecule has 0 unspecified atom stereocenters. The summed E-state index contributed by atoms with van der Waals surface area (Å²) in [6.07, 6.45) is 5.02. The van der Waals surface area contributed by atoms with Crippen molar-refractivity contribution in [1.29, 1.82) is 0 Å². The van der Waals surface area contributed by atoms with Crippen molar-refractivity contribution in [3.8, 4) is 17.3 Å². The lowest BCUT2D eigenvalue weighted by Crippen LogP contribution is -2.14. The fraction of sp³-hybridized carbons (Fsp3) is 0.0833. The number of fused-ring (bicyclic) bond motifs is 1. The molecule has 0 atom stereocenters. The number of halogens is 1. The average molecular weight is 421 g/mol. The molecule has 0 fully saturated rings. The van der Waals surface area contributed by atoms with Gasteiger partial charge in [0.15, 0.2) is 5.76 Å². The molecule has 2 aromatic heterocycles. The molecular formula is C24H17ClO5. The van der Waals surface area contributed by atoms with Crippen molar-refractivity contribution in [1.82, 2.24) is 0 Å². The maximum absolute atomic E-state index is 13.1. The van der Waals surface area contributed by atoms with Crippen molar-refractivity contribution < 1.29 is 18.4 Å². The molecule has 0 amide bonds. The first-order valence-corrected chi connectivity index (χ1v) is 9.72. The molecule has 0 spiro atoms. The molecule has 4 rings (SSSR count). The predicted octanol–water partition coefficient (Wildman–Crippen LogP) is 5.89. The van der Waals surface area contributed by atoms with Gasteiger partial charge in [-0.2, -0.15) is 0 Å². The van der Waals surface area contributed by atoms with E-state index in [0.29, 0.717) is 16.0 Å². The van der Waals surface area contributed by atoms with Gasteiger partial charge in [-0.25, -0.2) is 4.79 Å². The Bertz CT molecular complexity index is 1280. The SMILES string of the molecule is CCc1ccc2oc(-c3ccco3)c(OC(=O)C=Cc3ccc(Cl)cc3)c(=O)c2c1. The van der Waals surface area contributed by atoms with E-state index >= 15 is 0 Å². The zero-order chi connectivity index (χ0) is 21.1. The average Bonchev–Trinajstić information content (AvgIpc) is 3.29. The minimum absolute atomic E-state index is 0.0648. The van der Waals surface area contributed by atoms with Crippen LogP contribution in [0.25, 0.3) is 28.6 Å². The van der Waals surface area contributed by atoms with Crippen molar-refractivity contribution in [2.24, 2.45) is 0 Å². The Morgan fingerprint density at radius 3 is 2.63 bits per heavy atom. The van der Waals surface area contributed by atoms with Crippen molar-refractivity contribution in [2.75, 3.05) is 0 Å². The summed E-state index contributed by atoms with van der Waals surface area (Å²) < 4.78 is 16.7. The normalized spacial score (nSPS) is 11.3. The highest BCUT2D eigenvalue weighted by Crippen LogP contribution is 2.31. The van der Waals surface area contributed by atoms with Crippen LogP contribution in [0.1, 0.15) is 18.1 Å². The zero-order valence-electron chi connectivity index (χ0n) is 16.1. The van der Waals surface area contributed by atoms with Crippen LogP contribution in [0.15, 0.2) is 80.6 Å². The third-order valence-corrected chi connectivity index (χ3v) is 4.80. The summed E-state index contributed by atoms with van der Waals surface area (Å²) in [5, 5.41) is 0.937. The molecule has 2 heterocycles. The molecule has 0 bridgehead atoms. The fourth-order valence-corrected chi connectivity index (χ4v) is 3.11. The predicted molar refractivity (Wildman–Crippen MR) is 116 cm³/mol. The zero-order valence-corrected chi connectivity index (χ0v) is 16.8. The summed E-state index contributed by atoms with van der Waals surface area (Å²) in [7, 11) is 0. The third kappa shape index (κ3) is 4.07. The van der Waals surface area contributed by atoms with Crippen molar-refractivity contribution >= 4 is 34.6 Å². The molecule has 30 heavy (non-hydrogen) atoms. The van der Waals surface area contributed by atoms with Crippen molar-refractivity contribution in [3.05, 3.63) is 93.3 Å². The first-order chi connectivity index (χ1) is 14.5. The maximum atomic E-state index is 13.1. The Morgan fingerprint density at radius 1 is 1.13 bits per heavy atom. The standard InChI is InChI=1S/C24H17ClO5/c1-2-15-7-11-19-18(14-15)22(27)24(23(29-19)20-4-3-13-28-20)30-21(26)12-8-16-5-9-17(25)10-6-16/h3-14H,2H2,1H3. The Kier molecular flexibility index (Phi) is 5.55. The molecule has 0 aliphatic carbocycles. The molecular weight excluding hydrogens is 404 g/mol. The number of hydrogen-bond acceptors (Lipinski definition) is 5. The molecule has 4 aromatic rings. The number of benzene rings is 2. The molecule has 0 aliphatic heterocycles. The van der Waals surface area contributed by atoms with Gasteiger partial charge in [-0.3, -0.25) is 4.79 Å². The van der Waals surface area contributed by atoms with Crippen LogP contribution in [0.5, 0.6) is 5.75 Å². The summed E-state index contributed by atoms with van der Waals surface area (Å²) in [5.74, 6) is -0.569. The van der Waals surface area contributed by atoms with E-state index in [1.807, 2.05) is 13.0 Å². The van der Waals surface area contributed by atoms with Crippen LogP contribution in [-0.4, -0.2) is 5.97 Å². The summed E-state index contributed by atoms with van der Waals surface area (Å²) in [5.41, 5.74) is 1.69. The Labute approximate surface area is 177 Å². The molecule has 6 heteroatoms. The molecule has 2 aromatic carbocycles.